The van der Waals surface area contributed by atoms with Gasteiger partial charge in [-0.2, -0.15) is 9.78 Å². The lowest BCUT2D eigenvalue weighted by Crippen LogP contribution is -2.17. The first-order valence-electron chi connectivity index (χ1n) is 10.7. The molecule has 0 radical (unpaired) electrons. The van der Waals surface area contributed by atoms with Crippen molar-refractivity contribution in [3.05, 3.63) is 107 Å². The van der Waals surface area contributed by atoms with E-state index in [-0.39, 0.29) is 5.82 Å². The number of aromatic nitrogens is 4. The maximum absolute atomic E-state index is 14.5. The van der Waals surface area contributed by atoms with Gasteiger partial charge in [0.25, 0.3) is 0 Å². The van der Waals surface area contributed by atoms with Gasteiger partial charge in [-0.3, -0.25) is 0 Å². The zero-order chi connectivity index (χ0) is 23.1. The van der Waals surface area contributed by atoms with Crippen LogP contribution in [-0.4, -0.2) is 19.7 Å². The van der Waals surface area contributed by atoms with Crippen molar-refractivity contribution in [3.8, 4) is 23.2 Å². The molecule has 6 rings (SSSR count). The van der Waals surface area contributed by atoms with Crippen molar-refractivity contribution >= 4 is 16.9 Å². The van der Waals surface area contributed by atoms with Gasteiger partial charge in [0.05, 0.1) is 17.4 Å². The molecule has 0 spiro atoms. The molecule has 0 fully saturated rings. The fraction of sp³-hybridized carbons (Fsp3) is 0.0741. The third kappa shape index (κ3) is 3.76. The Hall–Kier alpha value is -4.57. The molecule has 7 heteroatoms. The molecule has 1 aliphatic rings. The van der Waals surface area contributed by atoms with Crippen LogP contribution in [-0.2, 0) is 13.1 Å². The molecule has 2 aromatic heterocycles. The molecule has 0 unspecified atom stereocenters. The molecule has 1 aliphatic heterocycles. The van der Waals surface area contributed by atoms with Gasteiger partial charge in [-0.25, -0.2) is 18.7 Å². The van der Waals surface area contributed by atoms with Gasteiger partial charge in [0.1, 0.15) is 11.6 Å². The Bertz CT molecular complexity index is 1610. The molecule has 3 heterocycles. The normalized spacial score (nSPS) is 12.5. The fourth-order valence-corrected chi connectivity index (χ4v) is 4.15. The minimum Gasteiger partial charge on any atom is -0.332 e. The van der Waals surface area contributed by atoms with Gasteiger partial charge < -0.3 is 4.90 Å². The van der Waals surface area contributed by atoms with Crippen LogP contribution in [0.15, 0.2) is 79.1 Å². The van der Waals surface area contributed by atoms with Crippen LogP contribution in [0.25, 0.3) is 22.2 Å². The maximum Gasteiger partial charge on any atom is 0.226 e. The Morgan fingerprint density at radius 2 is 1.74 bits per heavy atom. The lowest BCUT2D eigenvalue weighted by atomic mass is 10.1. The van der Waals surface area contributed by atoms with E-state index in [0.717, 1.165) is 22.0 Å². The quantitative estimate of drug-likeness (QED) is 0.350. The number of anilines is 1. The van der Waals surface area contributed by atoms with E-state index in [2.05, 4.69) is 27.0 Å². The fourth-order valence-electron chi connectivity index (χ4n) is 4.15. The van der Waals surface area contributed by atoms with Crippen LogP contribution in [0.3, 0.4) is 0 Å². The summed E-state index contributed by atoms with van der Waals surface area (Å²) >= 11 is 0. The highest BCUT2D eigenvalue weighted by Gasteiger charge is 2.22. The van der Waals surface area contributed by atoms with E-state index in [4.69, 9.17) is 0 Å². The minimum atomic E-state index is -0.406. The maximum atomic E-state index is 14.5. The Morgan fingerprint density at radius 3 is 2.68 bits per heavy atom. The van der Waals surface area contributed by atoms with E-state index in [1.807, 2.05) is 29.2 Å². The lowest BCUT2D eigenvalue weighted by molar-refractivity contribution is 0.626. The number of hydrogen-bond acceptors (Lipinski definition) is 4. The summed E-state index contributed by atoms with van der Waals surface area (Å²) < 4.78 is 29.6. The summed E-state index contributed by atoms with van der Waals surface area (Å²) in [4.78, 5) is 11.0. The molecule has 0 saturated carbocycles. The van der Waals surface area contributed by atoms with E-state index in [9.17, 15) is 8.78 Å². The summed E-state index contributed by atoms with van der Waals surface area (Å²) in [6.45, 7) is 1.12. The van der Waals surface area contributed by atoms with Gasteiger partial charge in [0.15, 0.2) is 0 Å². The Kier molecular flexibility index (Phi) is 4.77. The molecule has 0 amide bonds. The molecular formula is C27H17F2N5. The monoisotopic (exact) mass is 449 g/mol. The van der Waals surface area contributed by atoms with E-state index in [1.165, 1.54) is 18.2 Å². The summed E-state index contributed by atoms with van der Waals surface area (Å²) in [5, 5.41) is 5.27. The summed E-state index contributed by atoms with van der Waals surface area (Å²) in [6, 6.07) is 21.9. The molecule has 5 aromatic rings. The topological polar surface area (TPSA) is 46.8 Å². The molecule has 3 aromatic carbocycles. The summed E-state index contributed by atoms with van der Waals surface area (Å²) in [6.07, 6.45) is 3.39. The average molecular weight is 449 g/mol. The third-order valence-corrected chi connectivity index (χ3v) is 5.79. The Labute approximate surface area is 194 Å². The van der Waals surface area contributed by atoms with Crippen molar-refractivity contribution in [2.75, 3.05) is 4.90 Å². The molecule has 34 heavy (non-hydrogen) atoms. The van der Waals surface area contributed by atoms with Gasteiger partial charge in [-0.05, 0) is 59.5 Å². The largest absolute Gasteiger partial charge is 0.332 e. The third-order valence-electron chi connectivity index (χ3n) is 5.79. The highest BCUT2D eigenvalue weighted by molar-refractivity contribution is 5.79. The number of halogens is 2. The first kappa shape index (κ1) is 20.1. The van der Waals surface area contributed by atoms with Crippen molar-refractivity contribution < 1.29 is 8.78 Å². The van der Waals surface area contributed by atoms with Crippen LogP contribution in [0.1, 0.15) is 16.7 Å². The smallest absolute Gasteiger partial charge is 0.226 e. The van der Waals surface area contributed by atoms with Gasteiger partial charge >= 0.3 is 0 Å². The molecular weight excluding hydrogens is 432 g/mol. The molecule has 0 saturated heterocycles. The van der Waals surface area contributed by atoms with E-state index in [1.54, 1.807) is 41.3 Å². The van der Waals surface area contributed by atoms with E-state index >= 15 is 0 Å². The van der Waals surface area contributed by atoms with Crippen molar-refractivity contribution in [1.82, 2.24) is 19.7 Å². The van der Waals surface area contributed by atoms with Crippen LogP contribution in [0.4, 0.5) is 14.7 Å². The van der Waals surface area contributed by atoms with E-state index in [0.29, 0.717) is 35.9 Å². The predicted molar refractivity (Wildman–Crippen MR) is 126 cm³/mol. The number of fused-ring (bicyclic) bond motifs is 2. The highest BCUT2D eigenvalue weighted by atomic mass is 19.1. The molecule has 0 N–H and O–H groups in total. The van der Waals surface area contributed by atoms with Crippen LogP contribution in [0.5, 0.6) is 0 Å². The number of rotatable bonds is 2. The second-order valence-electron chi connectivity index (χ2n) is 8.09. The molecule has 164 valence electrons. The average Bonchev–Trinajstić information content (AvgIpc) is 3.46. The van der Waals surface area contributed by atoms with Crippen molar-refractivity contribution in [2.45, 2.75) is 13.1 Å². The van der Waals surface area contributed by atoms with Gasteiger partial charge in [-0.1, -0.05) is 24.3 Å². The van der Waals surface area contributed by atoms with Crippen molar-refractivity contribution in [3.63, 3.8) is 0 Å². The van der Waals surface area contributed by atoms with Gasteiger partial charge in [0, 0.05) is 41.8 Å². The SMILES string of the molecule is Fc1cc(C#Cn2ncc3ccccc32)cc(-c2ccnc(N3Cc4ccc(F)cc4C3)n2)c1. The molecule has 0 aliphatic carbocycles. The standard InChI is InChI=1S/C27H17F2N5/c28-23-6-5-20-16-33(17-22(20)14-23)27-30-9-7-25(32-27)21-11-18(12-24(29)13-21)8-10-34-26-4-2-1-3-19(26)15-31-34/h1-7,9,11-15H,16-17H2. The first-order chi connectivity index (χ1) is 16.6. The predicted octanol–water partition coefficient (Wildman–Crippen LogP) is 5.15. The van der Waals surface area contributed by atoms with Gasteiger partial charge in [0.2, 0.25) is 5.95 Å². The zero-order valence-corrected chi connectivity index (χ0v) is 17.9. The minimum absolute atomic E-state index is 0.258. The second-order valence-corrected chi connectivity index (χ2v) is 8.09. The Balaban J connectivity index is 1.31. The van der Waals surface area contributed by atoms with E-state index < -0.39 is 5.82 Å². The number of hydrogen-bond donors (Lipinski definition) is 0. The van der Waals surface area contributed by atoms with Crippen LogP contribution < -0.4 is 4.90 Å². The number of nitrogens with zero attached hydrogens (tertiary/aromatic N) is 5. The van der Waals surface area contributed by atoms with Crippen LogP contribution in [0, 0.1) is 23.6 Å². The molecule has 5 nitrogen and oxygen atoms in total. The number of para-hydroxylation sites is 1. The zero-order valence-electron chi connectivity index (χ0n) is 17.9. The van der Waals surface area contributed by atoms with Crippen molar-refractivity contribution in [2.24, 2.45) is 0 Å². The summed E-state index contributed by atoms with van der Waals surface area (Å²) in [5.74, 6) is 2.84. The molecule has 0 bridgehead atoms. The molecule has 0 atom stereocenters. The summed E-state index contributed by atoms with van der Waals surface area (Å²) in [5.41, 5.74) is 4.55. The van der Waals surface area contributed by atoms with Crippen molar-refractivity contribution in [1.29, 1.82) is 0 Å². The Morgan fingerprint density at radius 1 is 0.853 bits per heavy atom. The van der Waals surface area contributed by atoms with Crippen LogP contribution in [0.2, 0.25) is 0 Å². The summed E-state index contributed by atoms with van der Waals surface area (Å²) in [7, 11) is 0. The number of benzene rings is 3. The lowest BCUT2D eigenvalue weighted by Gasteiger charge is -2.15. The first-order valence-corrected chi connectivity index (χ1v) is 10.7. The van der Waals surface area contributed by atoms with Gasteiger partial charge in [-0.15, -0.1) is 0 Å². The second kappa shape index (κ2) is 8.09. The van der Waals surface area contributed by atoms with Crippen LogP contribution >= 0.6 is 0 Å². The highest BCUT2D eigenvalue weighted by Crippen LogP contribution is 2.28.